The second-order valence-corrected chi connectivity index (χ2v) is 7.53. The van der Waals surface area contributed by atoms with E-state index in [1.54, 1.807) is 12.1 Å². The van der Waals surface area contributed by atoms with E-state index in [1.807, 2.05) is 18.2 Å². The molecule has 1 unspecified atom stereocenters. The zero-order valence-corrected chi connectivity index (χ0v) is 15.9. The Morgan fingerprint density at radius 2 is 1.85 bits per heavy atom. The molecule has 142 valence electrons. The van der Waals surface area contributed by atoms with Gasteiger partial charge < -0.3 is 19.7 Å². The number of rotatable bonds is 4. The van der Waals surface area contributed by atoms with Crippen molar-refractivity contribution in [3.05, 3.63) is 53.1 Å². The number of halogens is 1. The largest absolute Gasteiger partial charge is 0.490 e. The number of benzene rings is 2. The summed E-state index contributed by atoms with van der Waals surface area (Å²) >= 11 is 5.90. The number of ether oxygens (including phenoxy) is 2. The van der Waals surface area contributed by atoms with Crippen LogP contribution in [-0.4, -0.2) is 32.2 Å². The van der Waals surface area contributed by atoms with Crippen molar-refractivity contribution in [1.29, 1.82) is 0 Å². The summed E-state index contributed by atoms with van der Waals surface area (Å²) in [5.41, 5.74) is 1.99. The molecule has 1 amide bonds. The molecule has 0 aromatic heterocycles. The predicted octanol–water partition coefficient (Wildman–Crippen LogP) is 2.86. The first kappa shape index (κ1) is 18.1. The van der Waals surface area contributed by atoms with Crippen LogP contribution < -0.4 is 19.7 Å². The highest BCUT2D eigenvalue weighted by Crippen LogP contribution is 2.33. The van der Waals surface area contributed by atoms with Crippen molar-refractivity contribution in [3.63, 3.8) is 0 Å². The molecule has 2 N–H and O–H groups in total. The molecule has 0 aliphatic carbocycles. The number of anilines is 1. The number of amides is 1. The molecule has 0 saturated carbocycles. The monoisotopic (exact) mass is 387 g/mol. The average Bonchev–Trinajstić information content (AvgIpc) is 2.99. The zero-order valence-electron chi connectivity index (χ0n) is 15.2. The molecule has 2 aromatic rings. The smallest absolute Gasteiger partial charge is 0.279 e. The minimum absolute atomic E-state index is 0.0218. The molecule has 2 aliphatic rings. The standard InChI is InChI=1S/C21H23ClN2O3/c22-16-5-7-17(8-6-16)23-21(25)14-24-10-1-3-18(24)15-4-9-19-20(13-15)27-12-2-11-26-19/h4-9,13,18H,1-3,10-12,14H2,(H,23,25)/p+1/t18-/m0/s1. The van der Waals surface area contributed by atoms with Crippen molar-refractivity contribution in [3.8, 4) is 11.5 Å². The summed E-state index contributed by atoms with van der Waals surface area (Å²) in [5, 5.41) is 3.62. The van der Waals surface area contributed by atoms with Crippen LogP contribution in [0.15, 0.2) is 42.5 Å². The number of carbonyl (C=O) groups is 1. The van der Waals surface area contributed by atoms with E-state index in [0.717, 1.165) is 43.0 Å². The molecule has 0 radical (unpaired) electrons. The molecule has 1 fully saturated rings. The third-order valence-electron chi connectivity index (χ3n) is 5.17. The van der Waals surface area contributed by atoms with E-state index < -0.39 is 0 Å². The number of likely N-dealkylation sites (tertiary alicyclic amines) is 1. The first-order valence-corrected chi connectivity index (χ1v) is 9.86. The van der Waals surface area contributed by atoms with Gasteiger partial charge in [-0.2, -0.15) is 0 Å². The van der Waals surface area contributed by atoms with Crippen LogP contribution in [0.3, 0.4) is 0 Å². The summed E-state index contributed by atoms with van der Waals surface area (Å²) in [7, 11) is 0. The number of fused-ring (bicyclic) bond motifs is 1. The van der Waals surface area contributed by atoms with Crippen LogP contribution in [0.5, 0.6) is 11.5 Å². The van der Waals surface area contributed by atoms with Gasteiger partial charge in [0, 0.05) is 35.5 Å². The van der Waals surface area contributed by atoms with Crippen LogP contribution in [0.4, 0.5) is 5.69 Å². The molecule has 2 aromatic carbocycles. The first-order valence-electron chi connectivity index (χ1n) is 9.48. The quantitative estimate of drug-likeness (QED) is 0.848. The summed E-state index contributed by atoms with van der Waals surface area (Å²) in [6.45, 7) is 2.81. The fourth-order valence-corrected chi connectivity index (χ4v) is 3.99. The number of quaternary nitrogens is 1. The van der Waals surface area contributed by atoms with Crippen LogP contribution in [0.1, 0.15) is 30.9 Å². The minimum Gasteiger partial charge on any atom is -0.490 e. The number of nitrogens with one attached hydrogen (secondary N) is 2. The number of carbonyl (C=O) groups excluding carboxylic acids is 1. The van der Waals surface area contributed by atoms with Crippen molar-refractivity contribution in [1.82, 2.24) is 0 Å². The van der Waals surface area contributed by atoms with Crippen molar-refractivity contribution >= 4 is 23.2 Å². The lowest BCUT2D eigenvalue weighted by atomic mass is 10.0. The van der Waals surface area contributed by atoms with E-state index in [1.165, 1.54) is 10.5 Å². The molecule has 0 spiro atoms. The van der Waals surface area contributed by atoms with Crippen LogP contribution >= 0.6 is 11.6 Å². The Morgan fingerprint density at radius 1 is 1.07 bits per heavy atom. The van der Waals surface area contributed by atoms with Gasteiger partial charge in [0.05, 0.1) is 19.8 Å². The lowest BCUT2D eigenvalue weighted by Gasteiger charge is -2.22. The molecule has 2 aliphatic heterocycles. The van der Waals surface area contributed by atoms with E-state index in [2.05, 4.69) is 17.4 Å². The maximum atomic E-state index is 12.5. The van der Waals surface area contributed by atoms with Gasteiger partial charge in [0.15, 0.2) is 18.0 Å². The fraction of sp³-hybridized carbons (Fsp3) is 0.381. The molecule has 4 rings (SSSR count). The summed E-state index contributed by atoms with van der Waals surface area (Å²) in [6, 6.07) is 13.7. The summed E-state index contributed by atoms with van der Waals surface area (Å²) < 4.78 is 11.6. The second kappa shape index (κ2) is 8.19. The topological polar surface area (TPSA) is 52.0 Å². The van der Waals surface area contributed by atoms with Crippen LogP contribution in [0, 0.1) is 0 Å². The van der Waals surface area contributed by atoms with Gasteiger partial charge in [-0.1, -0.05) is 11.6 Å². The van der Waals surface area contributed by atoms with Crippen LogP contribution in [-0.2, 0) is 4.79 Å². The van der Waals surface area contributed by atoms with Gasteiger partial charge in [0.25, 0.3) is 5.91 Å². The molecule has 5 nitrogen and oxygen atoms in total. The molecule has 27 heavy (non-hydrogen) atoms. The molecular formula is C21H24ClN2O3+. The third-order valence-corrected chi connectivity index (χ3v) is 5.43. The maximum absolute atomic E-state index is 12.5. The van der Waals surface area contributed by atoms with E-state index >= 15 is 0 Å². The van der Waals surface area contributed by atoms with Gasteiger partial charge in [-0.05, 0) is 42.5 Å². The number of hydrogen-bond donors (Lipinski definition) is 2. The highest BCUT2D eigenvalue weighted by molar-refractivity contribution is 6.30. The van der Waals surface area contributed by atoms with E-state index in [4.69, 9.17) is 21.1 Å². The lowest BCUT2D eigenvalue weighted by molar-refractivity contribution is -0.910. The molecule has 0 bridgehead atoms. The van der Waals surface area contributed by atoms with Gasteiger partial charge in [-0.15, -0.1) is 0 Å². The molecule has 1 saturated heterocycles. The van der Waals surface area contributed by atoms with Gasteiger partial charge in [0.1, 0.15) is 6.04 Å². The zero-order chi connectivity index (χ0) is 18.6. The molecular weight excluding hydrogens is 364 g/mol. The Morgan fingerprint density at radius 3 is 2.67 bits per heavy atom. The van der Waals surface area contributed by atoms with Gasteiger partial charge in [0.2, 0.25) is 0 Å². The predicted molar refractivity (Wildman–Crippen MR) is 105 cm³/mol. The minimum atomic E-state index is 0.0218. The van der Waals surface area contributed by atoms with Crippen molar-refractivity contribution in [2.75, 3.05) is 31.6 Å². The Hall–Kier alpha value is -2.24. The Balaban J connectivity index is 1.43. The number of hydrogen-bond acceptors (Lipinski definition) is 3. The third kappa shape index (κ3) is 4.37. The van der Waals surface area contributed by atoms with Gasteiger partial charge in [-0.25, -0.2) is 0 Å². The van der Waals surface area contributed by atoms with Crippen molar-refractivity contribution < 1.29 is 19.2 Å². The van der Waals surface area contributed by atoms with Crippen molar-refractivity contribution in [2.24, 2.45) is 0 Å². The Kier molecular flexibility index (Phi) is 5.50. The Labute approximate surface area is 164 Å². The summed E-state index contributed by atoms with van der Waals surface area (Å²) in [4.78, 5) is 13.8. The maximum Gasteiger partial charge on any atom is 0.279 e. The van der Waals surface area contributed by atoms with Crippen LogP contribution in [0.25, 0.3) is 0 Å². The lowest BCUT2D eigenvalue weighted by Crippen LogP contribution is -3.11. The highest BCUT2D eigenvalue weighted by atomic mass is 35.5. The van der Waals surface area contributed by atoms with Crippen molar-refractivity contribution in [2.45, 2.75) is 25.3 Å². The van der Waals surface area contributed by atoms with Crippen LogP contribution in [0.2, 0.25) is 5.02 Å². The van der Waals surface area contributed by atoms with E-state index in [-0.39, 0.29) is 5.91 Å². The molecule has 2 heterocycles. The summed E-state index contributed by atoms with van der Waals surface area (Å²) in [6.07, 6.45) is 3.08. The summed E-state index contributed by atoms with van der Waals surface area (Å²) in [5.74, 6) is 1.66. The van der Waals surface area contributed by atoms with Gasteiger partial charge >= 0.3 is 0 Å². The molecule has 2 atom stereocenters. The molecule has 6 heteroatoms. The average molecular weight is 388 g/mol. The second-order valence-electron chi connectivity index (χ2n) is 7.09. The fourth-order valence-electron chi connectivity index (χ4n) is 3.87. The first-order chi connectivity index (χ1) is 13.2. The van der Waals surface area contributed by atoms with Gasteiger partial charge in [-0.3, -0.25) is 4.79 Å². The van der Waals surface area contributed by atoms with E-state index in [0.29, 0.717) is 30.8 Å². The highest BCUT2D eigenvalue weighted by Gasteiger charge is 2.32. The Bertz CT molecular complexity index is 810. The van der Waals surface area contributed by atoms with E-state index in [9.17, 15) is 4.79 Å². The SMILES string of the molecule is O=C(C[NH+]1CCC[C@H]1c1ccc2c(c1)OCCCO2)Nc1ccc(Cl)cc1. The normalized spacial score (nSPS) is 21.5.